The molecule has 0 aliphatic rings. The Labute approximate surface area is 171 Å². The number of carbonyl (C=O) groups excluding carboxylic acids is 1. The number of hydrazone groups is 1. The standard InChI is InChI=1S/C24H24N2O3/c1-18-7-6-10-23(19(18)2)29-17-24(27)26-25-15-20-11-13-22(14-12-20)28-16-21-8-4-3-5-9-21/h3-15H,16-17H2,1-2H3,(H,26,27). The second-order valence-corrected chi connectivity index (χ2v) is 6.62. The molecule has 3 aromatic carbocycles. The van der Waals surface area contributed by atoms with Gasteiger partial charge in [-0.15, -0.1) is 0 Å². The summed E-state index contributed by atoms with van der Waals surface area (Å²) in [6.07, 6.45) is 1.58. The summed E-state index contributed by atoms with van der Waals surface area (Å²) in [5, 5.41) is 3.97. The summed E-state index contributed by atoms with van der Waals surface area (Å²) < 4.78 is 11.3. The number of hydrogen-bond acceptors (Lipinski definition) is 4. The number of rotatable bonds is 8. The number of aryl methyl sites for hydroxylation is 1. The van der Waals surface area contributed by atoms with E-state index < -0.39 is 0 Å². The first-order valence-corrected chi connectivity index (χ1v) is 9.39. The predicted octanol–water partition coefficient (Wildman–Crippen LogP) is 4.41. The van der Waals surface area contributed by atoms with Gasteiger partial charge in [-0.25, -0.2) is 5.43 Å². The average Bonchev–Trinajstić information content (AvgIpc) is 2.75. The molecule has 0 bridgehead atoms. The zero-order valence-corrected chi connectivity index (χ0v) is 16.6. The average molecular weight is 388 g/mol. The van der Waals surface area contributed by atoms with Crippen LogP contribution in [0.3, 0.4) is 0 Å². The Morgan fingerprint density at radius 2 is 1.69 bits per heavy atom. The maximum absolute atomic E-state index is 11.9. The quantitative estimate of drug-likeness (QED) is 0.459. The lowest BCUT2D eigenvalue weighted by atomic mass is 10.1. The highest BCUT2D eigenvalue weighted by Crippen LogP contribution is 2.20. The first kappa shape index (κ1) is 20.1. The number of nitrogens with one attached hydrogen (secondary N) is 1. The fourth-order valence-electron chi connectivity index (χ4n) is 2.63. The fraction of sp³-hybridized carbons (Fsp3) is 0.167. The second-order valence-electron chi connectivity index (χ2n) is 6.62. The maximum Gasteiger partial charge on any atom is 0.277 e. The second kappa shape index (κ2) is 10.1. The van der Waals surface area contributed by atoms with E-state index in [1.807, 2.05) is 86.6 Å². The minimum absolute atomic E-state index is 0.0894. The summed E-state index contributed by atoms with van der Waals surface area (Å²) in [6.45, 7) is 4.40. The normalized spacial score (nSPS) is 10.7. The van der Waals surface area contributed by atoms with E-state index in [1.54, 1.807) is 6.21 Å². The Morgan fingerprint density at radius 1 is 0.931 bits per heavy atom. The van der Waals surface area contributed by atoms with Crippen molar-refractivity contribution >= 4 is 12.1 Å². The summed E-state index contributed by atoms with van der Waals surface area (Å²) >= 11 is 0. The molecular weight excluding hydrogens is 364 g/mol. The van der Waals surface area contributed by atoms with Gasteiger partial charge in [0, 0.05) is 0 Å². The topological polar surface area (TPSA) is 59.9 Å². The van der Waals surface area contributed by atoms with E-state index in [1.165, 1.54) is 0 Å². The minimum Gasteiger partial charge on any atom is -0.489 e. The molecule has 29 heavy (non-hydrogen) atoms. The van der Waals surface area contributed by atoms with Gasteiger partial charge < -0.3 is 9.47 Å². The fourth-order valence-corrected chi connectivity index (χ4v) is 2.63. The summed E-state index contributed by atoms with van der Waals surface area (Å²) in [5.74, 6) is 1.16. The highest BCUT2D eigenvalue weighted by atomic mass is 16.5. The molecule has 0 atom stereocenters. The van der Waals surface area contributed by atoms with E-state index in [9.17, 15) is 4.79 Å². The number of hydrogen-bond donors (Lipinski definition) is 1. The van der Waals surface area contributed by atoms with Gasteiger partial charge in [-0.3, -0.25) is 4.79 Å². The molecule has 5 heteroatoms. The molecule has 148 valence electrons. The molecule has 0 spiro atoms. The smallest absolute Gasteiger partial charge is 0.277 e. The van der Waals surface area contributed by atoms with Gasteiger partial charge in [-0.1, -0.05) is 42.5 Å². The molecule has 5 nitrogen and oxygen atoms in total. The van der Waals surface area contributed by atoms with Crippen LogP contribution in [0.2, 0.25) is 0 Å². The predicted molar refractivity (Wildman–Crippen MR) is 114 cm³/mol. The summed E-state index contributed by atoms with van der Waals surface area (Å²) in [6, 6.07) is 23.2. The first-order chi connectivity index (χ1) is 14.1. The van der Waals surface area contributed by atoms with Crippen molar-refractivity contribution in [2.75, 3.05) is 6.61 Å². The van der Waals surface area contributed by atoms with E-state index in [-0.39, 0.29) is 12.5 Å². The Balaban J connectivity index is 1.43. The highest BCUT2D eigenvalue weighted by molar-refractivity contribution is 5.83. The van der Waals surface area contributed by atoms with Crippen molar-refractivity contribution in [3.63, 3.8) is 0 Å². The Morgan fingerprint density at radius 3 is 2.45 bits per heavy atom. The van der Waals surface area contributed by atoms with E-state index in [2.05, 4.69) is 10.5 Å². The van der Waals surface area contributed by atoms with E-state index in [4.69, 9.17) is 9.47 Å². The van der Waals surface area contributed by atoms with Gasteiger partial charge in [0.15, 0.2) is 6.61 Å². The molecule has 1 N–H and O–H groups in total. The number of amides is 1. The largest absolute Gasteiger partial charge is 0.489 e. The molecule has 0 saturated carbocycles. The lowest BCUT2D eigenvalue weighted by Gasteiger charge is -2.09. The lowest BCUT2D eigenvalue weighted by Crippen LogP contribution is -2.24. The number of carbonyl (C=O) groups is 1. The van der Waals surface area contributed by atoms with Crippen molar-refractivity contribution in [2.24, 2.45) is 5.10 Å². The van der Waals surface area contributed by atoms with Crippen LogP contribution in [-0.4, -0.2) is 18.7 Å². The SMILES string of the molecule is Cc1cccc(OCC(=O)NN=Cc2ccc(OCc3ccccc3)cc2)c1C. The van der Waals surface area contributed by atoms with Crippen LogP contribution in [0.1, 0.15) is 22.3 Å². The first-order valence-electron chi connectivity index (χ1n) is 9.39. The van der Waals surface area contributed by atoms with Crippen LogP contribution < -0.4 is 14.9 Å². The van der Waals surface area contributed by atoms with Gasteiger partial charge in [0.05, 0.1) is 6.21 Å². The molecule has 0 aromatic heterocycles. The molecular formula is C24H24N2O3. The molecule has 1 amide bonds. The van der Waals surface area contributed by atoms with Crippen LogP contribution in [-0.2, 0) is 11.4 Å². The molecule has 0 radical (unpaired) electrons. The van der Waals surface area contributed by atoms with Gasteiger partial charge in [0.2, 0.25) is 0 Å². The molecule has 0 heterocycles. The maximum atomic E-state index is 11.9. The minimum atomic E-state index is -0.315. The monoisotopic (exact) mass is 388 g/mol. The van der Waals surface area contributed by atoms with E-state index >= 15 is 0 Å². The Hall–Kier alpha value is -3.60. The number of nitrogens with zero attached hydrogens (tertiary/aromatic N) is 1. The van der Waals surface area contributed by atoms with E-state index in [0.717, 1.165) is 28.0 Å². The third-order valence-electron chi connectivity index (χ3n) is 4.44. The van der Waals surface area contributed by atoms with Gasteiger partial charge in [0.1, 0.15) is 18.1 Å². The van der Waals surface area contributed by atoms with E-state index in [0.29, 0.717) is 12.4 Å². The summed E-state index contributed by atoms with van der Waals surface area (Å²) in [5.41, 5.74) is 6.59. The molecule has 3 aromatic rings. The zero-order valence-electron chi connectivity index (χ0n) is 16.6. The number of benzene rings is 3. The molecule has 0 aliphatic carbocycles. The molecule has 0 saturated heterocycles. The zero-order chi connectivity index (χ0) is 20.5. The van der Waals surface area contributed by atoms with Crippen molar-refractivity contribution in [3.8, 4) is 11.5 Å². The van der Waals surface area contributed by atoms with Crippen molar-refractivity contribution in [1.82, 2.24) is 5.43 Å². The van der Waals surface area contributed by atoms with Gasteiger partial charge >= 0.3 is 0 Å². The molecule has 0 aliphatic heterocycles. The molecule has 0 unspecified atom stereocenters. The highest BCUT2D eigenvalue weighted by Gasteiger charge is 2.05. The van der Waals surface area contributed by atoms with Crippen LogP contribution in [0, 0.1) is 13.8 Å². The van der Waals surface area contributed by atoms with Crippen molar-refractivity contribution < 1.29 is 14.3 Å². The van der Waals surface area contributed by atoms with Crippen molar-refractivity contribution in [1.29, 1.82) is 0 Å². The summed E-state index contributed by atoms with van der Waals surface area (Å²) in [4.78, 5) is 11.9. The summed E-state index contributed by atoms with van der Waals surface area (Å²) in [7, 11) is 0. The van der Waals surface area contributed by atoms with Crippen LogP contribution in [0.4, 0.5) is 0 Å². The Bertz CT molecular complexity index is 967. The van der Waals surface area contributed by atoms with Crippen molar-refractivity contribution in [2.45, 2.75) is 20.5 Å². The van der Waals surface area contributed by atoms with Crippen LogP contribution in [0.15, 0.2) is 77.9 Å². The lowest BCUT2D eigenvalue weighted by molar-refractivity contribution is -0.123. The third kappa shape index (κ3) is 6.21. The third-order valence-corrected chi connectivity index (χ3v) is 4.44. The van der Waals surface area contributed by atoms with Crippen molar-refractivity contribution in [3.05, 3.63) is 95.1 Å². The van der Waals surface area contributed by atoms with Crippen LogP contribution >= 0.6 is 0 Å². The molecule has 3 rings (SSSR count). The van der Waals surface area contributed by atoms with Gasteiger partial charge in [-0.05, 0) is 66.4 Å². The van der Waals surface area contributed by atoms with Gasteiger partial charge in [-0.2, -0.15) is 5.10 Å². The van der Waals surface area contributed by atoms with Gasteiger partial charge in [0.25, 0.3) is 5.91 Å². The Kier molecular flexibility index (Phi) is 7.00. The van der Waals surface area contributed by atoms with Crippen LogP contribution in [0.5, 0.6) is 11.5 Å². The van der Waals surface area contributed by atoms with Crippen LogP contribution in [0.25, 0.3) is 0 Å². The molecule has 0 fully saturated rings. The number of ether oxygens (including phenoxy) is 2.